The second-order valence-corrected chi connectivity index (χ2v) is 34.7. The van der Waals surface area contributed by atoms with Gasteiger partial charge in [-0.15, -0.1) is 0 Å². The fourth-order valence-corrected chi connectivity index (χ4v) is 20.4. The molecular weight excluding hydrogens is 1610 g/mol. The fourth-order valence-electron chi connectivity index (χ4n) is 20.4. The molecule has 2 heterocycles. The molecule has 14 rings (SSSR count). The predicted octanol–water partition coefficient (Wildman–Crippen LogP) is 7.47. The number of Topliss-reactive ketones (excluding diaryl/α,β-unsaturated/α-hetero) is 2. The molecule has 6 aromatic rings. The molecule has 0 aromatic heterocycles. The molecule has 2 aliphatic heterocycles. The topological polar surface area (TPSA) is 443 Å². The van der Waals surface area contributed by atoms with Gasteiger partial charge in [-0.25, -0.2) is 19.2 Å². The largest absolute Gasteiger partial charge is 0.456 e. The lowest BCUT2D eigenvalue weighted by Gasteiger charge is -2.67. The minimum atomic E-state index is -2.39. The number of carbonyl (C=O) groups is 12. The number of esters is 8. The first-order valence-electron chi connectivity index (χ1n) is 40.9. The second kappa shape index (κ2) is 34.6. The molecule has 30 heteroatoms. The number of ether oxygens (including phenoxy) is 10. The van der Waals surface area contributed by atoms with E-state index in [4.69, 9.17) is 47.4 Å². The standard InChI is InChI=1S/2C47H51NO14/c2*1-25-31(60-43(56)36(52)35(28-16-10-7-11-17-28)48-41(54)29-18-12-8-13-19-29)23-47(57)40(61-42(55)30-20-14-9-15-21-30)38-45(6,32(51)22-33-46(38,24-58-33)62-27(3)50)39(53)37(59-26(2)49)34(25)44(47,4)5/h2*7-21,31-33,35-38,40,51-52,57H,22-24H2,1-6H3,(H,48,54)/t2*31-,32-,33+,35-,36+,37+,38-,40-,45+,46-,47+/m00/s1. The number of ketones is 2. The molecule has 6 aliphatic carbocycles. The number of fused-ring (bicyclic) bond motifs is 10. The van der Waals surface area contributed by atoms with Gasteiger partial charge in [0.15, 0.2) is 47.2 Å². The van der Waals surface area contributed by atoms with E-state index < -0.39 is 225 Å². The quantitative estimate of drug-likeness (QED) is 0.0209. The molecule has 22 atom stereocenters. The summed E-state index contributed by atoms with van der Waals surface area (Å²) in [6, 6.07) is 45.9. The molecule has 0 unspecified atom stereocenters. The Labute approximate surface area is 714 Å². The Morgan fingerprint density at radius 3 is 0.976 bits per heavy atom. The van der Waals surface area contributed by atoms with Gasteiger partial charge in [-0.3, -0.25) is 38.4 Å². The summed E-state index contributed by atoms with van der Waals surface area (Å²) in [5, 5.41) is 80.5. The zero-order valence-electron chi connectivity index (χ0n) is 70.5. The van der Waals surface area contributed by atoms with Gasteiger partial charge in [0, 0.05) is 75.3 Å². The maximum Gasteiger partial charge on any atom is 0.338 e. The van der Waals surface area contributed by atoms with Gasteiger partial charge in [0.25, 0.3) is 11.8 Å². The molecule has 0 spiro atoms. The van der Waals surface area contributed by atoms with Crippen LogP contribution in [0, 0.1) is 33.5 Å². The maximum atomic E-state index is 15.5. The highest BCUT2D eigenvalue weighted by Gasteiger charge is 2.81. The van der Waals surface area contributed by atoms with E-state index >= 15 is 9.59 Å². The zero-order valence-corrected chi connectivity index (χ0v) is 70.5. The summed E-state index contributed by atoms with van der Waals surface area (Å²) < 4.78 is 60.5. The number of rotatable bonds is 20. The van der Waals surface area contributed by atoms with Gasteiger partial charge in [-0.05, 0) is 110 Å². The van der Waals surface area contributed by atoms with Crippen molar-refractivity contribution in [1.29, 1.82) is 0 Å². The van der Waals surface area contributed by atoms with Gasteiger partial charge >= 0.3 is 47.8 Å². The van der Waals surface area contributed by atoms with Crippen molar-refractivity contribution >= 4 is 71.1 Å². The lowest BCUT2D eigenvalue weighted by Crippen LogP contribution is -2.82. The molecule has 8 aliphatic rings. The Bertz CT molecular complexity index is 4880. The molecule has 0 radical (unpaired) electrons. The molecule has 30 nitrogen and oxygen atoms in total. The maximum absolute atomic E-state index is 15.5. The third-order valence-electron chi connectivity index (χ3n) is 27.0. The molecule has 8 N–H and O–H groups in total. The second-order valence-electron chi connectivity index (χ2n) is 34.7. The van der Waals surface area contributed by atoms with Crippen molar-refractivity contribution in [3.05, 3.63) is 238 Å². The van der Waals surface area contributed by atoms with Gasteiger partial charge in [0.05, 0.1) is 71.3 Å². The first kappa shape index (κ1) is 90.3. The average Bonchev–Trinajstić information content (AvgIpc) is 0.671. The van der Waals surface area contributed by atoms with Crippen LogP contribution in [-0.4, -0.2) is 211 Å². The summed E-state index contributed by atoms with van der Waals surface area (Å²) in [6.07, 6.45) is -21.0. The van der Waals surface area contributed by atoms with Gasteiger partial charge in [0.1, 0.15) is 47.8 Å². The van der Waals surface area contributed by atoms with Crippen LogP contribution in [0.4, 0.5) is 0 Å². The van der Waals surface area contributed by atoms with Crippen molar-refractivity contribution in [2.75, 3.05) is 13.2 Å². The Morgan fingerprint density at radius 2 is 0.702 bits per heavy atom. The van der Waals surface area contributed by atoms with E-state index in [9.17, 15) is 78.6 Å². The highest BCUT2D eigenvalue weighted by atomic mass is 16.7. The van der Waals surface area contributed by atoms with Crippen LogP contribution in [0.3, 0.4) is 0 Å². The van der Waals surface area contributed by atoms with E-state index in [-0.39, 0.29) is 70.6 Å². The summed E-state index contributed by atoms with van der Waals surface area (Å²) in [6.45, 7) is 15.9. The third-order valence-corrected chi connectivity index (χ3v) is 27.0. The van der Waals surface area contributed by atoms with Crippen LogP contribution in [0.25, 0.3) is 0 Å². The molecule has 4 bridgehead atoms. The van der Waals surface area contributed by atoms with Crippen molar-refractivity contribution in [3.63, 3.8) is 0 Å². The Kier molecular flexibility index (Phi) is 25.2. The highest BCUT2D eigenvalue weighted by Crippen LogP contribution is 2.67. The normalized spacial score (nSPS) is 31.9. The van der Waals surface area contributed by atoms with Crippen LogP contribution in [0.15, 0.2) is 204 Å². The van der Waals surface area contributed by atoms with Crippen molar-refractivity contribution in [2.24, 2.45) is 33.5 Å². The van der Waals surface area contributed by atoms with E-state index in [1.807, 2.05) is 0 Å². The molecule has 6 fully saturated rings. The van der Waals surface area contributed by atoms with Crippen LogP contribution in [0.2, 0.25) is 0 Å². The third kappa shape index (κ3) is 15.7. The van der Waals surface area contributed by atoms with Crippen LogP contribution in [-0.2, 0) is 85.7 Å². The average molecular weight is 1710 g/mol. The van der Waals surface area contributed by atoms with E-state index in [1.165, 1.54) is 52.0 Å². The van der Waals surface area contributed by atoms with Gasteiger partial charge in [-0.1, -0.05) is 161 Å². The van der Waals surface area contributed by atoms with Crippen molar-refractivity contribution < 1.29 is 136 Å². The number of nitrogens with one attached hydrogen (secondary N) is 2. The molecular formula is C94H102N2O28. The number of amides is 2. The Balaban J connectivity index is 0.000000213. The monoisotopic (exact) mass is 1710 g/mol. The number of aliphatic hydroxyl groups excluding tert-OH is 4. The van der Waals surface area contributed by atoms with E-state index in [2.05, 4.69) is 10.6 Å². The predicted molar refractivity (Wildman–Crippen MR) is 435 cm³/mol. The smallest absolute Gasteiger partial charge is 0.338 e. The van der Waals surface area contributed by atoms with Crippen LogP contribution in [0.5, 0.6) is 0 Å². The molecule has 6 aromatic carbocycles. The Morgan fingerprint density at radius 1 is 0.411 bits per heavy atom. The number of hydrogen-bond donors (Lipinski definition) is 8. The number of carbonyl (C=O) groups excluding carboxylic acids is 12. The van der Waals surface area contributed by atoms with Crippen molar-refractivity contribution in [3.8, 4) is 0 Å². The van der Waals surface area contributed by atoms with Gasteiger partial charge < -0.3 is 88.6 Å². The molecule has 4 saturated carbocycles. The van der Waals surface area contributed by atoms with Gasteiger partial charge in [-0.2, -0.15) is 0 Å². The minimum Gasteiger partial charge on any atom is -0.456 e. The van der Waals surface area contributed by atoms with E-state index in [0.717, 1.165) is 27.7 Å². The fraction of sp³-hybridized carbons (Fsp3) is 0.447. The number of benzene rings is 6. The number of aliphatic hydroxyl groups is 6. The zero-order chi connectivity index (χ0) is 89.9. The first-order chi connectivity index (χ1) is 58.5. The first-order valence-corrected chi connectivity index (χ1v) is 40.9. The molecule has 124 heavy (non-hydrogen) atoms. The summed E-state index contributed by atoms with van der Waals surface area (Å²) in [4.78, 5) is 167. The summed E-state index contributed by atoms with van der Waals surface area (Å²) in [7, 11) is 0. The number of hydrogen-bond acceptors (Lipinski definition) is 28. The SMILES string of the molecule is CC(=O)O[C@H]1C(=O)[C@@]2(C)[C@H]([C@H](OC(=O)c3ccccc3)[C@]3(O)C[C@H](OC(=O)[C@H](O)[C@@H](NC(=O)c4ccccc4)c4ccccc4)C(C)=C1C3(C)C)[C@]1(OC(C)=O)CO[C@@H]1C[C@@H]2O.CC(=O)O[C@H]1C(=O)[C@@]2(C)[C@H]([C@H](OC(=O)c3ccccc3)[C@]3(O)C[C@H](OC(=O)[C@H](O)[C@@H](NC(=O)c4ccccc4)c4ccccc4)C(C)=C1C3(C)C)[C@]1(OC(C)=O)CO[C@@H]1C[C@@H]2O. The van der Waals surface area contributed by atoms with Gasteiger partial charge in [0.2, 0.25) is 0 Å². The molecule has 2 amide bonds. The van der Waals surface area contributed by atoms with E-state index in [0.29, 0.717) is 11.1 Å². The lowest BCUT2D eigenvalue weighted by molar-refractivity contribution is -0.346. The molecule has 2 saturated heterocycles. The van der Waals surface area contributed by atoms with Crippen LogP contribution >= 0.6 is 0 Å². The van der Waals surface area contributed by atoms with Crippen molar-refractivity contribution in [1.82, 2.24) is 10.6 Å². The summed E-state index contributed by atoms with van der Waals surface area (Å²) in [5.41, 5.74) is -14.0. The molecule has 656 valence electrons. The Hall–Kier alpha value is -11.5. The summed E-state index contributed by atoms with van der Waals surface area (Å²) in [5.74, 6) is -13.7. The van der Waals surface area contributed by atoms with Crippen molar-refractivity contribution in [2.45, 2.75) is 217 Å². The van der Waals surface area contributed by atoms with Crippen LogP contribution < -0.4 is 10.6 Å². The minimum absolute atomic E-state index is 0.00289. The van der Waals surface area contributed by atoms with E-state index in [1.54, 1.807) is 185 Å². The lowest BCUT2D eigenvalue weighted by atomic mass is 9.44. The highest BCUT2D eigenvalue weighted by molar-refractivity contribution is 5.99. The summed E-state index contributed by atoms with van der Waals surface area (Å²) >= 11 is 0. The van der Waals surface area contributed by atoms with Crippen LogP contribution in [0.1, 0.15) is 173 Å².